The van der Waals surface area contributed by atoms with Gasteiger partial charge in [0.15, 0.2) is 0 Å². The Hall–Kier alpha value is -2.59. The van der Waals surface area contributed by atoms with E-state index in [1.807, 2.05) is 30.3 Å². The fourth-order valence-electron chi connectivity index (χ4n) is 3.58. The van der Waals surface area contributed by atoms with Gasteiger partial charge in [-0.3, -0.25) is 4.79 Å². The van der Waals surface area contributed by atoms with Gasteiger partial charge in [0.05, 0.1) is 6.42 Å². The molecule has 0 spiro atoms. The zero-order chi connectivity index (χ0) is 16.4. The van der Waals surface area contributed by atoms with Crippen LogP contribution in [0.25, 0.3) is 10.9 Å². The number of carbonyl (C=O) groups excluding carboxylic acids is 1. The highest BCUT2D eigenvalue weighted by Gasteiger charge is 2.20. The van der Waals surface area contributed by atoms with Crippen LogP contribution in [-0.4, -0.2) is 23.6 Å². The molecule has 4 heteroatoms. The average molecular weight is 319 g/mol. The van der Waals surface area contributed by atoms with Gasteiger partial charge >= 0.3 is 0 Å². The summed E-state index contributed by atoms with van der Waals surface area (Å²) < 4.78 is 2.38. The van der Waals surface area contributed by atoms with Gasteiger partial charge < -0.3 is 15.2 Å². The predicted molar refractivity (Wildman–Crippen MR) is 97.3 cm³/mol. The Morgan fingerprint density at radius 1 is 1.04 bits per heavy atom. The number of hydrogen-bond donors (Lipinski definition) is 2. The van der Waals surface area contributed by atoms with Crippen LogP contribution < -0.4 is 10.6 Å². The van der Waals surface area contributed by atoms with E-state index in [-0.39, 0.29) is 5.91 Å². The molecule has 122 valence electrons. The van der Waals surface area contributed by atoms with Crippen molar-refractivity contribution in [3.8, 4) is 0 Å². The molecule has 4 nitrogen and oxygen atoms in total. The van der Waals surface area contributed by atoms with E-state index >= 15 is 0 Å². The van der Waals surface area contributed by atoms with Crippen LogP contribution in [-0.2, 0) is 24.2 Å². The molecule has 1 amide bonds. The maximum atomic E-state index is 12.6. The molecule has 2 N–H and O–H groups in total. The number of anilines is 1. The summed E-state index contributed by atoms with van der Waals surface area (Å²) in [5, 5.41) is 7.65. The average Bonchev–Trinajstić information content (AvgIpc) is 2.77. The molecule has 2 aromatic carbocycles. The van der Waals surface area contributed by atoms with E-state index in [9.17, 15) is 4.79 Å². The van der Waals surface area contributed by atoms with Crippen molar-refractivity contribution in [3.63, 3.8) is 0 Å². The summed E-state index contributed by atoms with van der Waals surface area (Å²) in [5.41, 5.74) is 4.55. The number of rotatable bonds is 3. The molecule has 1 aliphatic rings. The Kier molecular flexibility index (Phi) is 4.05. The molecule has 0 atom stereocenters. The lowest BCUT2D eigenvalue weighted by Gasteiger charge is -2.08. The third-order valence-corrected chi connectivity index (χ3v) is 4.64. The molecule has 1 aliphatic heterocycles. The number of amides is 1. The molecule has 0 aliphatic carbocycles. The van der Waals surface area contributed by atoms with Crippen LogP contribution in [0.3, 0.4) is 0 Å². The quantitative estimate of drug-likeness (QED) is 0.779. The zero-order valence-electron chi connectivity index (χ0n) is 13.6. The molecule has 0 bridgehead atoms. The van der Waals surface area contributed by atoms with Crippen molar-refractivity contribution in [2.75, 3.05) is 18.4 Å². The second-order valence-corrected chi connectivity index (χ2v) is 6.19. The van der Waals surface area contributed by atoms with Crippen LogP contribution in [0, 0.1) is 0 Å². The molecule has 4 rings (SSSR count). The number of carbonyl (C=O) groups is 1. The van der Waals surface area contributed by atoms with Gasteiger partial charge in [0.2, 0.25) is 5.91 Å². The van der Waals surface area contributed by atoms with Gasteiger partial charge in [-0.2, -0.15) is 0 Å². The summed E-state index contributed by atoms with van der Waals surface area (Å²) in [6.07, 6.45) is 1.38. The van der Waals surface area contributed by atoms with Crippen LogP contribution in [0.1, 0.15) is 11.3 Å². The maximum absolute atomic E-state index is 12.6. The van der Waals surface area contributed by atoms with Gasteiger partial charge in [0, 0.05) is 48.3 Å². The minimum Gasteiger partial charge on any atom is -0.343 e. The SMILES string of the molecule is O=C(Cc1c2n(c3ccccc13)CCNCC2)Nc1ccccc1. The maximum Gasteiger partial charge on any atom is 0.228 e. The first kappa shape index (κ1) is 15.0. The Balaban J connectivity index is 1.68. The van der Waals surface area contributed by atoms with Crippen molar-refractivity contribution >= 4 is 22.5 Å². The summed E-state index contributed by atoms with van der Waals surface area (Å²) in [4.78, 5) is 12.6. The normalized spacial score (nSPS) is 14.2. The van der Waals surface area contributed by atoms with Crippen molar-refractivity contribution < 1.29 is 4.79 Å². The topological polar surface area (TPSA) is 46.1 Å². The molecule has 0 fully saturated rings. The van der Waals surface area contributed by atoms with Crippen molar-refractivity contribution in [2.45, 2.75) is 19.4 Å². The summed E-state index contributed by atoms with van der Waals surface area (Å²) >= 11 is 0. The minimum absolute atomic E-state index is 0.0394. The fourth-order valence-corrected chi connectivity index (χ4v) is 3.58. The van der Waals surface area contributed by atoms with Gasteiger partial charge in [-0.15, -0.1) is 0 Å². The lowest BCUT2D eigenvalue weighted by atomic mass is 10.1. The molecular formula is C20H21N3O. The fraction of sp³-hybridized carbons (Fsp3) is 0.250. The smallest absolute Gasteiger partial charge is 0.228 e. The first-order valence-electron chi connectivity index (χ1n) is 8.47. The van der Waals surface area contributed by atoms with E-state index in [0.29, 0.717) is 6.42 Å². The second-order valence-electron chi connectivity index (χ2n) is 6.19. The minimum atomic E-state index is 0.0394. The van der Waals surface area contributed by atoms with Crippen molar-refractivity contribution in [2.24, 2.45) is 0 Å². The van der Waals surface area contributed by atoms with Gasteiger partial charge in [0.1, 0.15) is 0 Å². The lowest BCUT2D eigenvalue weighted by Crippen LogP contribution is -2.17. The van der Waals surface area contributed by atoms with E-state index in [4.69, 9.17) is 0 Å². The van der Waals surface area contributed by atoms with Crippen molar-refractivity contribution in [1.29, 1.82) is 0 Å². The van der Waals surface area contributed by atoms with Crippen LogP contribution >= 0.6 is 0 Å². The first-order valence-corrected chi connectivity index (χ1v) is 8.47. The van der Waals surface area contributed by atoms with Crippen molar-refractivity contribution in [3.05, 3.63) is 65.9 Å². The van der Waals surface area contributed by atoms with E-state index < -0.39 is 0 Å². The molecule has 24 heavy (non-hydrogen) atoms. The Bertz CT molecular complexity index is 867. The molecule has 3 aromatic rings. The number of nitrogens with zero attached hydrogens (tertiary/aromatic N) is 1. The van der Waals surface area contributed by atoms with Crippen LogP contribution in [0.2, 0.25) is 0 Å². The van der Waals surface area contributed by atoms with Crippen molar-refractivity contribution in [1.82, 2.24) is 9.88 Å². The van der Waals surface area contributed by atoms with Gasteiger partial charge in [-0.1, -0.05) is 36.4 Å². The van der Waals surface area contributed by atoms with Crippen LogP contribution in [0.15, 0.2) is 54.6 Å². The van der Waals surface area contributed by atoms with Gasteiger partial charge in [-0.25, -0.2) is 0 Å². The zero-order valence-corrected chi connectivity index (χ0v) is 13.6. The summed E-state index contributed by atoms with van der Waals surface area (Å²) in [7, 11) is 0. The standard InChI is InChI=1S/C20H21N3O/c24-20(22-15-6-2-1-3-7-15)14-17-16-8-4-5-9-18(16)23-13-12-21-11-10-19(17)23/h1-9,21H,10-14H2,(H,22,24). The third-order valence-electron chi connectivity index (χ3n) is 4.64. The monoisotopic (exact) mass is 319 g/mol. The molecule has 0 radical (unpaired) electrons. The number of hydrogen-bond acceptors (Lipinski definition) is 2. The Morgan fingerprint density at radius 2 is 1.83 bits per heavy atom. The summed E-state index contributed by atoms with van der Waals surface area (Å²) in [5.74, 6) is 0.0394. The Labute approximate surface area is 141 Å². The Morgan fingerprint density at radius 3 is 2.71 bits per heavy atom. The highest BCUT2D eigenvalue weighted by molar-refractivity contribution is 5.96. The first-order chi connectivity index (χ1) is 11.8. The molecule has 0 saturated heterocycles. The highest BCUT2D eigenvalue weighted by Crippen LogP contribution is 2.28. The summed E-state index contributed by atoms with van der Waals surface area (Å²) in [6, 6.07) is 18.1. The molecular weight excluding hydrogens is 298 g/mol. The second kappa shape index (κ2) is 6.49. The summed E-state index contributed by atoms with van der Waals surface area (Å²) in [6.45, 7) is 2.89. The number of para-hydroxylation sites is 2. The van der Waals surface area contributed by atoms with Gasteiger partial charge in [-0.05, 0) is 23.8 Å². The van der Waals surface area contributed by atoms with E-state index in [0.717, 1.165) is 31.7 Å². The van der Waals surface area contributed by atoms with Gasteiger partial charge in [0.25, 0.3) is 0 Å². The number of nitrogens with one attached hydrogen (secondary N) is 2. The number of aromatic nitrogens is 1. The van der Waals surface area contributed by atoms with E-state index in [1.165, 1.54) is 22.2 Å². The van der Waals surface area contributed by atoms with E-state index in [1.54, 1.807) is 0 Å². The number of fused-ring (bicyclic) bond motifs is 3. The third kappa shape index (κ3) is 2.81. The van der Waals surface area contributed by atoms with Crippen LogP contribution in [0.4, 0.5) is 5.69 Å². The van der Waals surface area contributed by atoms with E-state index in [2.05, 4.69) is 39.5 Å². The highest BCUT2D eigenvalue weighted by atomic mass is 16.1. The molecule has 0 saturated carbocycles. The number of benzene rings is 2. The lowest BCUT2D eigenvalue weighted by molar-refractivity contribution is -0.115. The molecule has 0 unspecified atom stereocenters. The van der Waals surface area contributed by atoms with Crippen LogP contribution in [0.5, 0.6) is 0 Å². The molecule has 1 aromatic heterocycles. The molecule has 2 heterocycles. The largest absolute Gasteiger partial charge is 0.343 e. The predicted octanol–water partition coefficient (Wildman–Crippen LogP) is 2.97.